The minimum Gasteiger partial charge on any atom is -0.444 e. The third kappa shape index (κ3) is 5.37. The molecule has 6 heteroatoms. The number of amides is 2. The molecule has 0 spiro atoms. The van der Waals surface area contributed by atoms with Crippen molar-refractivity contribution in [2.24, 2.45) is 0 Å². The molecule has 0 saturated heterocycles. The number of hydrogen-bond donors (Lipinski definition) is 2. The molecule has 1 unspecified atom stereocenters. The summed E-state index contributed by atoms with van der Waals surface area (Å²) in [6.45, 7) is 8.40. The summed E-state index contributed by atoms with van der Waals surface area (Å²) in [5, 5.41) is 7.26. The maximum absolute atomic E-state index is 12.1. The van der Waals surface area contributed by atoms with Gasteiger partial charge in [-0.15, -0.1) is 0 Å². The van der Waals surface area contributed by atoms with Crippen LogP contribution >= 0.6 is 0 Å². The highest BCUT2D eigenvalue weighted by molar-refractivity contribution is 5.69. The summed E-state index contributed by atoms with van der Waals surface area (Å²) in [4.78, 5) is 22.8. The molecule has 1 aromatic rings. The van der Waals surface area contributed by atoms with E-state index in [-0.39, 0.29) is 18.5 Å². The summed E-state index contributed by atoms with van der Waals surface area (Å²) in [6, 6.07) is 8.47. The normalized spacial score (nSPS) is 16.8. The van der Waals surface area contributed by atoms with Gasteiger partial charge in [0.05, 0.1) is 0 Å². The molecule has 0 aliphatic carbocycles. The van der Waals surface area contributed by atoms with Crippen molar-refractivity contribution in [2.45, 2.75) is 52.3 Å². The van der Waals surface area contributed by atoms with Crippen molar-refractivity contribution in [3.63, 3.8) is 0 Å². The predicted octanol–water partition coefficient (Wildman–Crippen LogP) is 2.49. The van der Waals surface area contributed by atoms with Gasteiger partial charge in [-0.2, -0.15) is 0 Å². The molecule has 1 heterocycles. The van der Waals surface area contributed by atoms with Gasteiger partial charge in [-0.05, 0) is 45.2 Å². The molecule has 1 atom stereocenters. The second-order valence-corrected chi connectivity index (χ2v) is 6.18. The average molecular weight is 308 g/mol. The first kappa shape index (κ1) is 18.0. The summed E-state index contributed by atoms with van der Waals surface area (Å²) in [7, 11) is 0. The van der Waals surface area contributed by atoms with Gasteiger partial charge in [-0.3, -0.25) is 10.0 Å². The Hall–Kier alpha value is -2.08. The van der Waals surface area contributed by atoms with Crippen molar-refractivity contribution < 1.29 is 19.5 Å². The van der Waals surface area contributed by atoms with Crippen LogP contribution < -0.4 is 5.48 Å². The fourth-order valence-corrected chi connectivity index (χ4v) is 2.24. The highest BCUT2D eigenvalue weighted by Crippen LogP contribution is 2.24. The number of hydroxylamine groups is 1. The third-order valence-corrected chi connectivity index (χ3v) is 3.19. The van der Waals surface area contributed by atoms with Gasteiger partial charge in [0.2, 0.25) is 6.41 Å². The molecule has 2 rings (SSSR count). The van der Waals surface area contributed by atoms with E-state index in [1.807, 2.05) is 31.7 Å². The van der Waals surface area contributed by atoms with E-state index >= 15 is 0 Å². The monoisotopic (exact) mass is 308 g/mol. The quantitative estimate of drug-likeness (QED) is 0.474. The Balaban J connectivity index is 0.000000541. The minimum atomic E-state index is -0.437. The van der Waals surface area contributed by atoms with Crippen LogP contribution in [0, 0.1) is 0 Å². The van der Waals surface area contributed by atoms with Crippen LogP contribution in [-0.2, 0) is 22.5 Å². The zero-order valence-corrected chi connectivity index (χ0v) is 13.5. The molecule has 1 aliphatic heterocycles. The van der Waals surface area contributed by atoms with Gasteiger partial charge in [0.1, 0.15) is 5.60 Å². The van der Waals surface area contributed by atoms with E-state index in [9.17, 15) is 4.79 Å². The topological polar surface area (TPSA) is 78.9 Å². The molecule has 0 saturated carbocycles. The largest absolute Gasteiger partial charge is 0.444 e. The molecule has 6 nitrogen and oxygen atoms in total. The summed E-state index contributed by atoms with van der Waals surface area (Å²) in [6.07, 6.45) is 0.861. The van der Waals surface area contributed by atoms with Gasteiger partial charge in [-0.25, -0.2) is 10.3 Å². The van der Waals surface area contributed by atoms with E-state index in [1.165, 1.54) is 16.6 Å². The first-order chi connectivity index (χ1) is 10.3. The standard InChI is InChI=1S/C15H21NO2.CH3NO2/c1-11-9-12-7-5-6-8-13(12)10-16(11)14(17)18-15(2,3)4;3-1-2-4/h5-8,11H,9-10H2,1-4H3;1,4H,(H,2,3). The molecule has 2 amide bonds. The van der Waals surface area contributed by atoms with Gasteiger partial charge < -0.3 is 9.64 Å². The number of hydrogen-bond acceptors (Lipinski definition) is 4. The van der Waals surface area contributed by atoms with E-state index in [0.29, 0.717) is 6.54 Å². The molecule has 0 aromatic heterocycles. The Morgan fingerprint density at radius 3 is 2.41 bits per heavy atom. The third-order valence-electron chi connectivity index (χ3n) is 3.19. The summed E-state index contributed by atoms with van der Waals surface area (Å²) in [5.41, 5.74) is 3.37. The zero-order valence-electron chi connectivity index (χ0n) is 13.5. The van der Waals surface area contributed by atoms with Gasteiger partial charge in [0.15, 0.2) is 0 Å². The lowest BCUT2D eigenvalue weighted by molar-refractivity contribution is -0.116. The SMILES string of the molecule is CC1Cc2ccccc2CN1C(=O)OC(C)(C)C.O=CNO. The number of carbonyl (C=O) groups excluding carboxylic acids is 2. The van der Waals surface area contributed by atoms with Gasteiger partial charge in [-0.1, -0.05) is 24.3 Å². The molecule has 2 N–H and O–H groups in total. The van der Waals surface area contributed by atoms with Gasteiger partial charge in [0, 0.05) is 12.6 Å². The number of nitrogens with zero attached hydrogens (tertiary/aromatic N) is 1. The van der Waals surface area contributed by atoms with Crippen LogP contribution in [0.3, 0.4) is 0 Å². The highest BCUT2D eigenvalue weighted by Gasteiger charge is 2.29. The molecule has 0 bridgehead atoms. The lowest BCUT2D eigenvalue weighted by Crippen LogP contribution is -2.45. The Morgan fingerprint density at radius 1 is 1.36 bits per heavy atom. The second kappa shape index (κ2) is 7.79. The van der Waals surface area contributed by atoms with E-state index in [0.717, 1.165) is 6.42 Å². The molecule has 0 fully saturated rings. The Labute approximate surface area is 131 Å². The van der Waals surface area contributed by atoms with Crippen molar-refractivity contribution in [1.82, 2.24) is 10.4 Å². The Bertz CT molecular complexity index is 511. The smallest absolute Gasteiger partial charge is 0.410 e. The number of rotatable bonds is 1. The number of carbonyl (C=O) groups is 2. The average Bonchev–Trinajstić information content (AvgIpc) is 2.45. The van der Waals surface area contributed by atoms with Crippen LogP contribution in [0.25, 0.3) is 0 Å². The number of benzene rings is 1. The van der Waals surface area contributed by atoms with Crippen LogP contribution in [0.1, 0.15) is 38.8 Å². The summed E-state index contributed by atoms with van der Waals surface area (Å²) in [5.74, 6) is 0. The highest BCUT2D eigenvalue weighted by atomic mass is 16.6. The summed E-state index contributed by atoms with van der Waals surface area (Å²) < 4.78 is 5.45. The zero-order chi connectivity index (χ0) is 16.8. The summed E-state index contributed by atoms with van der Waals surface area (Å²) >= 11 is 0. The fourth-order valence-electron chi connectivity index (χ4n) is 2.24. The molecule has 0 radical (unpaired) electrons. The molecule has 122 valence electrons. The van der Waals surface area contributed by atoms with E-state index in [1.54, 1.807) is 0 Å². The lowest BCUT2D eigenvalue weighted by atomic mass is 9.95. The maximum Gasteiger partial charge on any atom is 0.410 e. The first-order valence-corrected chi connectivity index (χ1v) is 7.18. The van der Waals surface area contributed by atoms with Crippen LogP contribution in [-0.4, -0.2) is 34.3 Å². The van der Waals surface area contributed by atoms with Crippen LogP contribution in [0.2, 0.25) is 0 Å². The van der Waals surface area contributed by atoms with E-state index in [2.05, 4.69) is 25.1 Å². The van der Waals surface area contributed by atoms with Crippen LogP contribution in [0.15, 0.2) is 24.3 Å². The van der Waals surface area contributed by atoms with Gasteiger partial charge in [0.25, 0.3) is 0 Å². The van der Waals surface area contributed by atoms with Crippen molar-refractivity contribution >= 4 is 12.5 Å². The molecule has 1 aliphatic rings. The predicted molar refractivity (Wildman–Crippen MR) is 82.4 cm³/mol. The Morgan fingerprint density at radius 2 is 1.91 bits per heavy atom. The van der Waals surface area contributed by atoms with Crippen molar-refractivity contribution in [3.8, 4) is 0 Å². The number of fused-ring (bicyclic) bond motifs is 1. The maximum atomic E-state index is 12.1. The lowest BCUT2D eigenvalue weighted by Gasteiger charge is -2.36. The second-order valence-electron chi connectivity index (χ2n) is 6.18. The van der Waals surface area contributed by atoms with Crippen LogP contribution in [0.5, 0.6) is 0 Å². The molecular formula is C16H24N2O4. The van der Waals surface area contributed by atoms with Crippen molar-refractivity contribution in [1.29, 1.82) is 0 Å². The van der Waals surface area contributed by atoms with Crippen molar-refractivity contribution in [3.05, 3.63) is 35.4 Å². The number of nitrogens with one attached hydrogen (secondary N) is 1. The minimum absolute atomic E-state index is 0.181. The molecule has 22 heavy (non-hydrogen) atoms. The Kier molecular flexibility index (Phi) is 6.37. The number of ether oxygens (including phenoxy) is 1. The molecular weight excluding hydrogens is 284 g/mol. The van der Waals surface area contributed by atoms with E-state index in [4.69, 9.17) is 14.7 Å². The fraction of sp³-hybridized carbons (Fsp3) is 0.500. The van der Waals surface area contributed by atoms with Crippen molar-refractivity contribution in [2.75, 3.05) is 0 Å². The van der Waals surface area contributed by atoms with Gasteiger partial charge >= 0.3 is 6.09 Å². The first-order valence-electron chi connectivity index (χ1n) is 7.18. The van der Waals surface area contributed by atoms with Crippen LogP contribution in [0.4, 0.5) is 4.79 Å². The van der Waals surface area contributed by atoms with E-state index < -0.39 is 5.60 Å². The molecule has 1 aromatic carbocycles.